The van der Waals surface area contributed by atoms with Crippen LogP contribution < -0.4 is 5.32 Å². The Morgan fingerprint density at radius 2 is 2.20 bits per heavy atom. The average Bonchev–Trinajstić information content (AvgIpc) is 2.07. The fourth-order valence-electron chi connectivity index (χ4n) is 1.48. The van der Waals surface area contributed by atoms with E-state index in [1.165, 1.54) is 0 Å². The molecule has 1 rings (SSSR count). The monoisotopic (exact) mass is 215 g/mol. The van der Waals surface area contributed by atoms with E-state index >= 15 is 0 Å². The lowest BCUT2D eigenvalue weighted by molar-refractivity contribution is -0.372. The van der Waals surface area contributed by atoms with Gasteiger partial charge in [-0.3, -0.25) is 0 Å². The molecule has 86 valence electrons. The van der Waals surface area contributed by atoms with Crippen LogP contribution >= 0.6 is 0 Å². The molecule has 15 heavy (non-hydrogen) atoms. The third kappa shape index (κ3) is 3.30. The van der Waals surface area contributed by atoms with E-state index in [4.69, 9.17) is 14.6 Å². The first-order valence-corrected chi connectivity index (χ1v) is 4.91. The van der Waals surface area contributed by atoms with Crippen LogP contribution in [0.2, 0.25) is 0 Å². The van der Waals surface area contributed by atoms with Crippen LogP contribution in [0.3, 0.4) is 0 Å². The number of carbonyl (C=O) groups is 1. The Morgan fingerprint density at radius 3 is 2.60 bits per heavy atom. The minimum atomic E-state index is -1.08. The molecule has 0 bridgehead atoms. The molecule has 1 heterocycles. The molecule has 0 amide bonds. The Morgan fingerprint density at radius 1 is 1.60 bits per heavy atom. The van der Waals surface area contributed by atoms with E-state index in [0.29, 0.717) is 6.42 Å². The van der Waals surface area contributed by atoms with E-state index in [9.17, 15) is 4.79 Å². The van der Waals surface area contributed by atoms with Crippen molar-refractivity contribution in [3.05, 3.63) is 12.2 Å². The van der Waals surface area contributed by atoms with E-state index in [1.54, 1.807) is 0 Å². The average molecular weight is 215 g/mol. The van der Waals surface area contributed by atoms with Crippen molar-refractivity contribution < 1.29 is 19.4 Å². The molecular formula is C10H17NO4. The molecule has 1 atom stereocenters. The van der Waals surface area contributed by atoms with Crippen LogP contribution in [0.1, 0.15) is 19.8 Å². The van der Waals surface area contributed by atoms with E-state index in [0.717, 1.165) is 12.0 Å². The largest absolute Gasteiger partial charge is 0.477 e. The molecule has 1 aliphatic rings. The Bertz CT molecular complexity index is 248. The van der Waals surface area contributed by atoms with Crippen molar-refractivity contribution in [1.82, 2.24) is 5.32 Å². The molecule has 0 spiro atoms. The van der Waals surface area contributed by atoms with Gasteiger partial charge in [0, 0.05) is 12.5 Å². The molecule has 5 heteroatoms. The highest BCUT2D eigenvalue weighted by molar-refractivity contribution is 5.71. The summed E-state index contributed by atoms with van der Waals surface area (Å²) in [6, 6.07) is 0.223. The Hall–Kier alpha value is -0.910. The lowest BCUT2D eigenvalue weighted by atomic mass is 10.1. The van der Waals surface area contributed by atoms with Crippen LogP contribution in [0.15, 0.2) is 12.2 Å². The van der Waals surface area contributed by atoms with Gasteiger partial charge in [0.05, 0.1) is 0 Å². The third-order valence-electron chi connectivity index (χ3n) is 2.39. The smallest absolute Gasteiger partial charge is 0.361 e. The van der Waals surface area contributed by atoms with Gasteiger partial charge in [-0.05, 0) is 20.4 Å². The summed E-state index contributed by atoms with van der Waals surface area (Å²) in [5, 5.41) is 11.6. The highest BCUT2D eigenvalue weighted by Gasteiger charge is 2.36. The number of carboxylic acid groups (broad SMARTS) is 1. The summed E-state index contributed by atoms with van der Waals surface area (Å²) in [4.78, 5) is 10.4. The number of carboxylic acids is 1. The molecule has 0 radical (unpaired) electrons. The number of nitrogens with one attached hydrogen (secondary N) is 1. The maximum absolute atomic E-state index is 10.4. The van der Waals surface area contributed by atoms with Crippen molar-refractivity contribution >= 4 is 5.97 Å². The summed E-state index contributed by atoms with van der Waals surface area (Å²) < 4.78 is 9.99. The van der Waals surface area contributed by atoms with Crippen LogP contribution in [0.4, 0.5) is 0 Å². The zero-order chi connectivity index (χ0) is 11.4. The van der Waals surface area contributed by atoms with E-state index in [-0.39, 0.29) is 12.3 Å². The van der Waals surface area contributed by atoms with Crippen molar-refractivity contribution in [2.75, 3.05) is 7.05 Å². The van der Waals surface area contributed by atoms with Crippen LogP contribution in [-0.2, 0) is 14.3 Å². The van der Waals surface area contributed by atoms with Crippen LogP contribution in [0.5, 0.6) is 0 Å². The highest BCUT2D eigenvalue weighted by Crippen LogP contribution is 2.22. The number of rotatable bonds is 6. The molecule has 0 aromatic rings. The van der Waals surface area contributed by atoms with Crippen molar-refractivity contribution in [3.63, 3.8) is 0 Å². The van der Waals surface area contributed by atoms with E-state index in [2.05, 4.69) is 11.9 Å². The van der Waals surface area contributed by atoms with Gasteiger partial charge in [0.1, 0.15) is 0 Å². The van der Waals surface area contributed by atoms with Crippen molar-refractivity contribution in [2.45, 2.75) is 38.4 Å². The summed E-state index contributed by atoms with van der Waals surface area (Å²) in [5.74, 6) is -1.07. The molecule has 0 aliphatic carbocycles. The number of hydrogen-bond acceptors (Lipinski definition) is 4. The van der Waals surface area contributed by atoms with Crippen molar-refractivity contribution in [2.24, 2.45) is 0 Å². The zero-order valence-corrected chi connectivity index (χ0v) is 9.03. The first-order valence-electron chi connectivity index (χ1n) is 4.91. The van der Waals surface area contributed by atoms with Crippen LogP contribution in [-0.4, -0.2) is 36.7 Å². The van der Waals surface area contributed by atoms with E-state index in [1.807, 2.05) is 14.0 Å². The Balaban J connectivity index is 2.17. The normalized spacial score (nSPS) is 26.8. The van der Waals surface area contributed by atoms with Crippen LogP contribution in [0.25, 0.3) is 0 Å². The second-order valence-corrected chi connectivity index (χ2v) is 3.64. The maximum atomic E-state index is 10.4. The van der Waals surface area contributed by atoms with E-state index < -0.39 is 12.3 Å². The van der Waals surface area contributed by atoms with Gasteiger partial charge in [0.25, 0.3) is 6.29 Å². The quantitative estimate of drug-likeness (QED) is 0.639. The highest BCUT2D eigenvalue weighted by atomic mass is 16.9. The minimum Gasteiger partial charge on any atom is -0.477 e. The molecule has 0 saturated carbocycles. The standard InChI is InChI=1S/C10H17NO4/c1-6(2)7(11-3)4-5-8-14-10(15-8)9(12)13/h7-8,10-11H,1,4-5H2,2-3H3,(H,12,13)/t7-,8?,10?/m0/s1. The van der Waals surface area contributed by atoms with Gasteiger partial charge >= 0.3 is 5.97 Å². The Labute approximate surface area is 89.1 Å². The predicted octanol–water partition coefficient (Wildman–Crippen LogP) is 0.714. The zero-order valence-electron chi connectivity index (χ0n) is 9.03. The molecule has 5 nitrogen and oxygen atoms in total. The van der Waals surface area contributed by atoms with Crippen molar-refractivity contribution in [1.29, 1.82) is 0 Å². The molecule has 1 fully saturated rings. The SMILES string of the molecule is C=C(C)[C@H](CCC1OC(C(=O)O)O1)NC. The maximum Gasteiger partial charge on any atom is 0.361 e. The molecular weight excluding hydrogens is 198 g/mol. The number of aliphatic carboxylic acids is 1. The van der Waals surface area contributed by atoms with Crippen LogP contribution in [0, 0.1) is 0 Å². The lowest BCUT2D eigenvalue weighted by Gasteiger charge is -2.33. The molecule has 0 aromatic heterocycles. The summed E-state index contributed by atoms with van der Waals surface area (Å²) in [6.45, 7) is 5.80. The number of hydrogen-bond donors (Lipinski definition) is 2. The van der Waals surface area contributed by atoms with Gasteiger partial charge in [0.2, 0.25) is 0 Å². The fourth-order valence-corrected chi connectivity index (χ4v) is 1.48. The minimum absolute atomic E-state index is 0.223. The molecule has 1 saturated heterocycles. The topological polar surface area (TPSA) is 67.8 Å². The first-order chi connectivity index (χ1) is 7.04. The van der Waals surface area contributed by atoms with Gasteiger partial charge in [-0.25, -0.2) is 4.79 Å². The molecule has 0 unspecified atom stereocenters. The second-order valence-electron chi connectivity index (χ2n) is 3.64. The van der Waals surface area contributed by atoms with Crippen molar-refractivity contribution in [3.8, 4) is 0 Å². The number of likely N-dealkylation sites (N-methyl/N-ethyl adjacent to an activating group) is 1. The molecule has 0 aromatic carbocycles. The molecule has 1 aliphatic heterocycles. The molecule has 2 N–H and O–H groups in total. The first kappa shape index (κ1) is 12.2. The summed E-state index contributed by atoms with van der Waals surface area (Å²) in [6.07, 6.45) is 0.0273. The summed E-state index contributed by atoms with van der Waals surface area (Å²) >= 11 is 0. The second kappa shape index (κ2) is 5.25. The van der Waals surface area contributed by atoms with Gasteiger partial charge in [-0.1, -0.05) is 12.2 Å². The lowest BCUT2D eigenvalue weighted by Crippen LogP contribution is -2.46. The Kier molecular flexibility index (Phi) is 4.26. The number of ether oxygens (including phenoxy) is 2. The van der Waals surface area contributed by atoms with Gasteiger partial charge in [-0.15, -0.1) is 0 Å². The third-order valence-corrected chi connectivity index (χ3v) is 2.39. The fraction of sp³-hybridized carbons (Fsp3) is 0.700. The van der Waals surface area contributed by atoms with Gasteiger partial charge < -0.3 is 19.9 Å². The van der Waals surface area contributed by atoms with Gasteiger partial charge in [-0.2, -0.15) is 0 Å². The predicted molar refractivity (Wildman–Crippen MR) is 54.3 cm³/mol. The van der Waals surface area contributed by atoms with Gasteiger partial charge in [0.15, 0.2) is 6.29 Å². The summed E-state index contributed by atoms with van der Waals surface area (Å²) in [7, 11) is 1.86. The summed E-state index contributed by atoms with van der Waals surface area (Å²) in [5.41, 5.74) is 1.05.